The zero-order chi connectivity index (χ0) is 10.6. The van der Waals surface area contributed by atoms with Crippen LogP contribution in [0.1, 0.15) is 6.92 Å². The van der Waals surface area contributed by atoms with Gasteiger partial charge in [0.05, 0.1) is 11.1 Å². The first-order valence-corrected chi connectivity index (χ1v) is 4.83. The molecule has 0 aliphatic carbocycles. The molecular weight excluding hydrogens is 228 g/mol. The van der Waals surface area contributed by atoms with Crippen LogP contribution in [0.15, 0.2) is 18.2 Å². The van der Waals surface area contributed by atoms with Crippen LogP contribution < -0.4 is 9.57 Å². The van der Waals surface area contributed by atoms with Crippen molar-refractivity contribution in [1.29, 1.82) is 0 Å². The number of nitrogens with one attached hydrogen (secondary N) is 1. The Bertz CT molecular complexity index is 309. The van der Waals surface area contributed by atoms with Crippen molar-refractivity contribution in [2.45, 2.75) is 13.0 Å². The van der Waals surface area contributed by atoms with Gasteiger partial charge in [0.15, 0.2) is 0 Å². The van der Waals surface area contributed by atoms with Gasteiger partial charge in [-0.3, -0.25) is 0 Å². The van der Waals surface area contributed by atoms with Crippen molar-refractivity contribution < 1.29 is 9.13 Å². The molecule has 0 radical (unpaired) electrons. The summed E-state index contributed by atoms with van der Waals surface area (Å²) < 4.78 is 18.0. The first-order valence-electron chi connectivity index (χ1n) is 4.07. The molecule has 0 amide bonds. The van der Waals surface area contributed by atoms with E-state index in [1.54, 1.807) is 0 Å². The van der Waals surface area contributed by atoms with Crippen molar-refractivity contribution in [1.82, 2.24) is 4.84 Å². The highest BCUT2D eigenvalue weighted by atomic mass is 35.5. The fourth-order valence-corrected chi connectivity index (χ4v) is 1.05. The van der Waals surface area contributed by atoms with Crippen molar-refractivity contribution in [3.8, 4) is 5.75 Å². The third-order valence-electron chi connectivity index (χ3n) is 1.58. The molecule has 0 fully saturated rings. The van der Waals surface area contributed by atoms with E-state index in [1.807, 2.05) is 6.92 Å². The molecule has 0 heterocycles. The van der Waals surface area contributed by atoms with Crippen molar-refractivity contribution >= 4 is 23.4 Å². The predicted molar refractivity (Wildman–Crippen MR) is 55.4 cm³/mol. The van der Waals surface area contributed by atoms with E-state index in [2.05, 4.69) is 4.84 Å². The minimum atomic E-state index is -0.456. The smallest absolute Gasteiger partial charge is 0.142 e. The first-order chi connectivity index (χ1) is 6.63. The molecule has 1 aromatic rings. The molecule has 0 aliphatic rings. The Morgan fingerprint density at radius 2 is 2.29 bits per heavy atom. The van der Waals surface area contributed by atoms with Crippen LogP contribution >= 0.6 is 23.4 Å². The normalized spacial score (nSPS) is 12.6. The minimum absolute atomic E-state index is 0.0143. The Hall–Kier alpha value is -0.510. The van der Waals surface area contributed by atoms with Gasteiger partial charge in [-0.25, -0.2) is 9.23 Å². The Morgan fingerprint density at radius 3 is 2.86 bits per heavy atom. The van der Waals surface area contributed by atoms with Gasteiger partial charge < -0.3 is 4.74 Å². The van der Waals surface area contributed by atoms with Crippen LogP contribution in [0.5, 0.6) is 5.75 Å². The lowest BCUT2D eigenvalue weighted by Gasteiger charge is -2.10. The molecule has 2 nitrogen and oxygen atoms in total. The Morgan fingerprint density at radius 1 is 1.57 bits per heavy atom. The zero-order valence-electron chi connectivity index (χ0n) is 7.56. The van der Waals surface area contributed by atoms with Crippen LogP contribution in [0, 0.1) is 5.82 Å². The number of halogens is 3. The van der Waals surface area contributed by atoms with Gasteiger partial charge in [0.2, 0.25) is 0 Å². The van der Waals surface area contributed by atoms with Crippen LogP contribution in [0.3, 0.4) is 0 Å². The van der Waals surface area contributed by atoms with E-state index in [-0.39, 0.29) is 11.1 Å². The summed E-state index contributed by atoms with van der Waals surface area (Å²) in [6, 6.07) is 4.22. The van der Waals surface area contributed by atoms with Crippen LogP contribution in [0.2, 0.25) is 5.02 Å². The summed E-state index contributed by atoms with van der Waals surface area (Å²) in [6.45, 7) is 2.25. The lowest BCUT2D eigenvalue weighted by atomic mass is 10.3. The standard InChI is InChI=1S/C9H10Cl2FNO/c1-6(13-11)5-14-7-2-3-9(12)8(10)4-7/h2-4,6,13H,5H2,1H3. The van der Waals surface area contributed by atoms with Gasteiger partial charge in [0.1, 0.15) is 18.2 Å². The zero-order valence-corrected chi connectivity index (χ0v) is 9.07. The predicted octanol–water partition coefficient (Wildman–Crippen LogP) is 2.99. The molecule has 0 aliphatic heterocycles. The topological polar surface area (TPSA) is 21.3 Å². The second-order valence-electron chi connectivity index (χ2n) is 2.90. The Kier molecular flexibility index (Phi) is 4.45. The van der Waals surface area contributed by atoms with Gasteiger partial charge in [0.25, 0.3) is 0 Å². The van der Waals surface area contributed by atoms with Gasteiger partial charge >= 0.3 is 0 Å². The van der Waals surface area contributed by atoms with Gasteiger partial charge in [-0.1, -0.05) is 11.6 Å². The Balaban J connectivity index is 2.55. The number of ether oxygens (including phenoxy) is 1. The molecule has 1 N–H and O–H groups in total. The largest absolute Gasteiger partial charge is 0.492 e. The molecule has 1 atom stereocenters. The second kappa shape index (κ2) is 5.39. The minimum Gasteiger partial charge on any atom is -0.492 e. The average Bonchev–Trinajstić information content (AvgIpc) is 2.19. The van der Waals surface area contributed by atoms with Gasteiger partial charge in [-0.2, -0.15) is 0 Å². The van der Waals surface area contributed by atoms with Gasteiger partial charge in [0, 0.05) is 6.07 Å². The van der Waals surface area contributed by atoms with Crippen molar-refractivity contribution in [3.63, 3.8) is 0 Å². The summed E-state index contributed by atoms with van der Waals surface area (Å²) in [5.74, 6) is 0.0673. The fraction of sp³-hybridized carbons (Fsp3) is 0.333. The maximum absolute atomic E-state index is 12.7. The van der Waals surface area contributed by atoms with Gasteiger partial charge in [-0.05, 0) is 30.8 Å². The molecule has 78 valence electrons. The Labute approximate surface area is 92.1 Å². The molecule has 0 saturated heterocycles. The van der Waals surface area contributed by atoms with E-state index in [4.69, 9.17) is 28.1 Å². The monoisotopic (exact) mass is 237 g/mol. The highest BCUT2D eigenvalue weighted by molar-refractivity contribution is 6.30. The summed E-state index contributed by atoms with van der Waals surface area (Å²) in [5, 5.41) is 0.0500. The van der Waals surface area contributed by atoms with Crippen molar-refractivity contribution in [3.05, 3.63) is 29.0 Å². The van der Waals surface area contributed by atoms with E-state index in [0.717, 1.165) is 0 Å². The molecule has 1 rings (SSSR count). The lowest BCUT2D eigenvalue weighted by Crippen LogP contribution is -2.24. The maximum atomic E-state index is 12.7. The first kappa shape index (κ1) is 11.6. The third kappa shape index (κ3) is 3.33. The quantitative estimate of drug-likeness (QED) is 0.814. The van der Waals surface area contributed by atoms with E-state index in [0.29, 0.717) is 12.4 Å². The summed E-state index contributed by atoms with van der Waals surface area (Å²) >= 11 is 10.9. The van der Waals surface area contributed by atoms with Crippen LogP contribution in [0.4, 0.5) is 4.39 Å². The molecule has 5 heteroatoms. The van der Waals surface area contributed by atoms with E-state index < -0.39 is 5.82 Å². The molecule has 14 heavy (non-hydrogen) atoms. The third-order valence-corrected chi connectivity index (χ3v) is 2.24. The molecule has 0 aromatic heterocycles. The SMILES string of the molecule is CC(COc1ccc(F)c(Cl)c1)NCl. The average molecular weight is 238 g/mol. The molecule has 1 aromatic carbocycles. The molecule has 0 spiro atoms. The van der Waals surface area contributed by atoms with Gasteiger partial charge in [-0.15, -0.1) is 0 Å². The van der Waals surface area contributed by atoms with Crippen molar-refractivity contribution in [2.75, 3.05) is 6.61 Å². The number of rotatable bonds is 4. The highest BCUT2D eigenvalue weighted by Crippen LogP contribution is 2.21. The summed E-state index contributed by atoms with van der Waals surface area (Å²) in [6.07, 6.45) is 0. The maximum Gasteiger partial charge on any atom is 0.142 e. The van der Waals surface area contributed by atoms with Crippen LogP contribution in [-0.2, 0) is 0 Å². The molecule has 0 saturated carbocycles. The van der Waals surface area contributed by atoms with E-state index >= 15 is 0 Å². The number of hydrogen-bond donors (Lipinski definition) is 1. The molecular formula is C9H10Cl2FNO. The molecule has 0 bridgehead atoms. The summed E-state index contributed by atoms with van der Waals surface area (Å²) in [5.41, 5.74) is 0. The lowest BCUT2D eigenvalue weighted by molar-refractivity contribution is 0.288. The second-order valence-corrected chi connectivity index (χ2v) is 3.52. The van der Waals surface area contributed by atoms with Crippen LogP contribution in [0.25, 0.3) is 0 Å². The number of benzene rings is 1. The van der Waals surface area contributed by atoms with E-state index in [1.165, 1.54) is 18.2 Å². The molecule has 1 unspecified atom stereocenters. The summed E-state index contributed by atoms with van der Waals surface area (Å²) in [7, 11) is 0. The van der Waals surface area contributed by atoms with Crippen LogP contribution in [-0.4, -0.2) is 12.6 Å². The van der Waals surface area contributed by atoms with Crippen molar-refractivity contribution in [2.24, 2.45) is 0 Å². The fourth-order valence-electron chi connectivity index (χ4n) is 0.819. The summed E-state index contributed by atoms with van der Waals surface area (Å²) in [4.78, 5) is 2.50. The number of hydrogen-bond acceptors (Lipinski definition) is 2. The highest BCUT2D eigenvalue weighted by Gasteiger charge is 2.03. The van der Waals surface area contributed by atoms with E-state index in [9.17, 15) is 4.39 Å².